The van der Waals surface area contributed by atoms with Gasteiger partial charge in [-0.1, -0.05) is 6.07 Å². The van der Waals surface area contributed by atoms with Crippen LogP contribution in [0.5, 0.6) is 0 Å². The highest BCUT2D eigenvalue weighted by Gasteiger charge is 2.28. The predicted molar refractivity (Wildman–Crippen MR) is 108 cm³/mol. The zero-order valence-electron chi connectivity index (χ0n) is 15.9. The van der Waals surface area contributed by atoms with E-state index in [0.717, 1.165) is 36.1 Å². The van der Waals surface area contributed by atoms with Crippen molar-refractivity contribution >= 4 is 23.2 Å². The highest BCUT2D eigenvalue weighted by molar-refractivity contribution is 7.14. The minimum absolute atomic E-state index is 0.0117. The maximum atomic E-state index is 12.7. The standard InChI is InChI=1S/C21H25N3O3S/c25-20(23-7-5-15-2-1-6-22-14-15)16-3-4-18-17(12-16)13-19(28-18)21(26)24-8-10-27-11-9-24/h1-2,6,13-14,16H,3-5,7-12H2,(H,23,25)/t16-/m1/s1. The second kappa shape index (κ2) is 8.84. The second-order valence-corrected chi connectivity index (χ2v) is 8.44. The Bertz CT molecular complexity index is 831. The van der Waals surface area contributed by atoms with Gasteiger partial charge >= 0.3 is 0 Å². The number of thiophene rings is 1. The molecule has 1 atom stereocenters. The summed E-state index contributed by atoms with van der Waals surface area (Å²) in [6.07, 6.45) is 6.81. The topological polar surface area (TPSA) is 71.5 Å². The van der Waals surface area contributed by atoms with Gasteiger partial charge in [0.2, 0.25) is 5.91 Å². The fraction of sp³-hybridized carbons (Fsp3) is 0.476. The van der Waals surface area contributed by atoms with Crippen LogP contribution in [0, 0.1) is 5.92 Å². The molecule has 2 aromatic rings. The summed E-state index contributed by atoms with van der Waals surface area (Å²) in [5.41, 5.74) is 2.29. The number of carbonyl (C=O) groups excluding carboxylic acids is 2. The van der Waals surface area contributed by atoms with Gasteiger partial charge in [0.05, 0.1) is 18.1 Å². The number of hydrogen-bond acceptors (Lipinski definition) is 5. The molecule has 0 unspecified atom stereocenters. The largest absolute Gasteiger partial charge is 0.378 e. The average molecular weight is 400 g/mol. The van der Waals surface area contributed by atoms with Gasteiger partial charge in [0, 0.05) is 42.8 Å². The molecule has 2 aliphatic rings. The number of nitrogens with one attached hydrogen (secondary N) is 1. The lowest BCUT2D eigenvalue weighted by Crippen LogP contribution is -2.40. The Kier molecular flexibility index (Phi) is 6.02. The summed E-state index contributed by atoms with van der Waals surface area (Å²) < 4.78 is 5.33. The molecule has 0 saturated carbocycles. The van der Waals surface area contributed by atoms with Gasteiger partial charge in [-0.05, 0) is 48.9 Å². The molecule has 1 aliphatic carbocycles. The number of morpholine rings is 1. The van der Waals surface area contributed by atoms with Crippen LogP contribution in [0.2, 0.25) is 0 Å². The van der Waals surface area contributed by atoms with Crippen LogP contribution < -0.4 is 5.32 Å². The number of hydrogen-bond donors (Lipinski definition) is 1. The number of rotatable bonds is 5. The molecular weight excluding hydrogens is 374 g/mol. The lowest BCUT2D eigenvalue weighted by atomic mass is 9.87. The first-order valence-electron chi connectivity index (χ1n) is 9.86. The Hall–Kier alpha value is -2.25. The normalized spacial score (nSPS) is 19.1. The van der Waals surface area contributed by atoms with Crippen molar-refractivity contribution in [3.8, 4) is 0 Å². The number of aryl methyl sites for hydroxylation is 1. The van der Waals surface area contributed by atoms with E-state index in [4.69, 9.17) is 4.74 Å². The van der Waals surface area contributed by atoms with E-state index < -0.39 is 0 Å². The third kappa shape index (κ3) is 4.42. The lowest BCUT2D eigenvalue weighted by molar-refractivity contribution is -0.125. The van der Waals surface area contributed by atoms with Crippen molar-refractivity contribution in [2.75, 3.05) is 32.8 Å². The van der Waals surface area contributed by atoms with E-state index in [1.54, 1.807) is 17.5 Å². The molecule has 28 heavy (non-hydrogen) atoms. The molecule has 0 radical (unpaired) electrons. The fourth-order valence-electron chi connectivity index (χ4n) is 3.80. The molecule has 1 aliphatic heterocycles. The number of amides is 2. The van der Waals surface area contributed by atoms with Gasteiger partial charge in [-0.3, -0.25) is 14.6 Å². The summed E-state index contributed by atoms with van der Waals surface area (Å²) in [4.78, 5) is 33.3. The van der Waals surface area contributed by atoms with Gasteiger partial charge in [-0.25, -0.2) is 0 Å². The SMILES string of the molecule is O=C(NCCc1cccnc1)[C@@H]1CCc2sc(C(=O)N3CCOCC3)cc2C1. The number of ether oxygens (including phenoxy) is 1. The summed E-state index contributed by atoms with van der Waals surface area (Å²) in [5.74, 6) is 0.198. The first-order chi connectivity index (χ1) is 13.7. The molecule has 148 valence electrons. The summed E-state index contributed by atoms with van der Waals surface area (Å²) in [5, 5.41) is 3.06. The van der Waals surface area contributed by atoms with Crippen LogP contribution in [0.15, 0.2) is 30.6 Å². The quantitative estimate of drug-likeness (QED) is 0.836. The Labute approximate surface area is 168 Å². The Morgan fingerprint density at radius 3 is 2.96 bits per heavy atom. The van der Waals surface area contributed by atoms with E-state index >= 15 is 0 Å². The van der Waals surface area contributed by atoms with Crippen molar-refractivity contribution in [3.63, 3.8) is 0 Å². The van der Waals surface area contributed by atoms with Crippen LogP contribution in [0.1, 0.15) is 32.1 Å². The predicted octanol–water partition coefficient (Wildman–Crippen LogP) is 2.08. The first kappa shape index (κ1) is 19.1. The van der Waals surface area contributed by atoms with Gasteiger partial charge in [0.15, 0.2) is 0 Å². The molecular formula is C21H25N3O3S. The molecule has 2 aromatic heterocycles. The number of carbonyl (C=O) groups is 2. The smallest absolute Gasteiger partial charge is 0.264 e. The summed E-state index contributed by atoms with van der Waals surface area (Å²) in [6, 6.07) is 5.93. The van der Waals surface area contributed by atoms with Crippen LogP contribution >= 0.6 is 11.3 Å². The summed E-state index contributed by atoms with van der Waals surface area (Å²) >= 11 is 1.60. The molecule has 2 amide bonds. The van der Waals surface area contributed by atoms with E-state index in [2.05, 4.69) is 10.3 Å². The van der Waals surface area contributed by atoms with Crippen molar-refractivity contribution in [1.29, 1.82) is 0 Å². The van der Waals surface area contributed by atoms with Crippen molar-refractivity contribution in [2.24, 2.45) is 5.92 Å². The molecule has 0 aromatic carbocycles. The number of nitrogens with zero attached hydrogens (tertiary/aromatic N) is 2. The van der Waals surface area contributed by atoms with E-state index in [9.17, 15) is 9.59 Å². The van der Waals surface area contributed by atoms with Crippen LogP contribution in [0.25, 0.3) is 0 Å². The minimum Gasteiger partial charge on any atom is -0.378 e. The Morgan fingerprint density at radius 2 is 2.18 bits per heavy atom. The van der Waals surface area contributed by atoms with Gasteiger partial charge in [0.1, 0.15) is 0 Å². The monoisotopic (exact) mass is 399 g/mol. The van der Waals surface area contributed by atoms with Crippen molar-refractivity contribution in [2.45, 2.75) is 25.7 Å². The lowest BCUT2D eigenvalue weighted by Gasteiger charge is -2.26. The van der Waals surface area contributed by atoms with Crippen LogP contribution in [0.3, 0.4) is 0 Å². The molecule has 1 fully saturated rings. The van der Waals surface area contributed by atoms with Gasteiger partial charge < -0.3 is 15.0 Å². The highest BCUT2D eigenvalue weighted by Crippen LogP contribution is 2.33. The molecule has 3 heterocycles. The maximum absolute atomic E-state index is 12.7. The fourth-order valence-corrected chi connectivity index (χ4v) is 4.97. The zero-order valence-corrected chi connectivity index (χ0v) is 16.7. The number of pyridine rings is 1. The Morgan fingerprint density at radius 1 is 1.32 bits per heavy atom. The Balaban J connectivity index is 1.32. The first-order valence-corrected chi connectivity index (χ1v) is 10.7. The molecule has 1 N–H and O–H groups in total. The number of aromatic nitrogens is 1. The van der Waals surface area contributed by atoms with Crippen LogP contribution in [-0.4, -0.2) is 54.5 Å². The van der Waals surface area contributed by atoms with Crippen LogP contribution in [0.4, 0.5) is 0 Å². The highest BCUT2D eigenvalue weighted by atomic mass is 32.1. The van der Waals surface area contributed by atoms with E-state index in [-0.39, 0.29) is 17.7 Å². The zero-order chi connectivity index (χ0) is 19.3. The molecule has 4 rings (SSSR count). The average Bonchev–Trinajstić information content (AvgIpc) is 3.18. The van der Waals surface area contributed by atoms with Gasteiger partial charge in [-0.15, -0.1) is 11.3 Å². The molecule has 0 bridgehead atoms. The molecule has 6 nitrogen and oxygen atoms in total. The second-order valence-electron chi connectivity index (χ2n) is 7.31. The third-order valence-corrected chi connectivity index (χ3v) is 6.62. The van der Waals surface area contributed by atoms with Crippen molar-refractivity contribution < 1.29 is 14.3 Å². The maximum Gasteiger partial charge on any atom is 0.264 e. The minimum atomic E-state index is -0.0117. The third-order valence-electron chi connectivity index (χ3n) is 5.40. The molecule has 7 heteroatoms. The van der Waals surface area contributed by atoms with Crippen molar-refractivity contribution in [1.82, 2.24) is 15.2 Å². The van der Waals surface area contributed by atoms with E-state index in [1.807, 2.05) is 29.3 Å². The summed E-state index contributed by atoms with van der Waals surface area (Å²) in [7, 11) is 0. The molecule has 0 spiro atoms. The number of fused-ring (bicyclic) bond motifs is 1. The van der Waals surface area contributed by atoms with Crippen molar-refractivity contribution in [3.05, 3.63) is 51.5 Å². The van der Waals surface area contributed by atoms with E-state index in [1.165, 1.54) is 10.4 Å². The molecule has 1 saturated heterocycles. The van der Waals surface area contributed by atoms with Gasteiger partial charge in [-0.2, -0.15) is 0 Å². The van der Waals surface area contributed by atoms with E-state index in [0.29, 0.717) is 32.8 Å². The van der Waals surface area contributed by atoms with Gasteiger partial charge in [0.25, 0.3) is 5.91 Å². The summed E-state index contributed by atoms with van der Waals surface area (Å²) in [6.45, 7) is 3.15. The van der Waals surface area contributed by atoms with Crippen LogP contribution in [-0.2, 0) is 28.8 Å².